The lowest BCUT2D eigenvalue weighted by molar-refractivity contribution is 0.334. The molecule has 0 amide bonds. The number of aromatic nitrogens is 3. The summed E-state index contributed by atoms with van der Waals surface area (Å²) < 4.78 is 14.0. The van der Waals surface area contributed by atoms with Crippen LogP contribution in [-0.4, -0.2) is 39.7 Å². The van der Waals surface area contributed by atoms with E-state index in [4.69, 9.17) is 0 Å². The van der Waals surface area contributed by atoms with E-state index in [1.807, 2.05) is 50.3 Å². The number of rotatable bonds is 10. The Labute approximate surface area is 242 Å². The molecule has 3 heterocycles. The van der Waals surface area contributed by atoms with Crippen molar-refractivity contribution in [1.29, 1.82) is 0 Å². The number of halogens is 1. The Bertz CT molecular complexity index is 1740. The van der Waals surface area contributed by atoms with Crippen molar-refractivity contribution in [3.63, 3.8) is 0 Å². The Kier molecular flexibility index (Phi) is 8.95. The van der Waals surface area contributed by atoms with Gasteiger partial charge in [0, 0.05) is 16.1 Å². The number of likely N-dealkylation sites (tertiary alicyclic amines) is 1. The molecule has 210 valence electrons. The zero-order valence-electron chi connectivity index (χ0n) is 24.1. The molecule has 1 aliphatic heterocycles. The van der Waals surface area contributed by atoms with Crippen LogP contribution in [-0.2, 0) is 0 Å². The Hall–Kier alpha value is -4.22. The molecule has 0 aliphatic carbocycles. The van der Waals surface area contributed by atoms with Crippen LogP contribution in [0.1, 0.15) is 39.5 Å². The molecule has 1 fully saturated rings. The van der Waals surface area contributed by atoms with Gasteiger partial charge in [-0.1, -0.05) is 61.7 Å². The van der Waals surface area contributed by atoms with Gasteiger partial charge in [0.2, 0.25) is 0 Å². The lowest BCUT2D eigenvalue weighted by atomic mass is 10.00. The number of allylic oxidation sites excluding steroid dienone is 6. The number of H-pyrrole nitrogens is 2. The van der Waals surface area contributed by atoms with Crippen LogP contribution in [0.2, 0.25) is 0 Å². The van der Waals surface area contributed by atoms with E-state index in [1.54, 1.807) is 12.1 Å². The molecule has 5 rings (SSSR count). The summed E-state index contributed by atoms with van der Waals surface area (Å²) in [5, 5.41) is 10.8. The number of nitrogens with zero attached hydrogens (tertiary/aromatic N) is 2. The molecule has 41 heavy (non-hydrogen) atoms. The molecule has 5 heteroatoms. The van der Waals surface area contributed by atoms with Gasteiger partial charge in [0.15, 0.2) is 0 Å². The van der Waals surface area contributed by atoms with Gasteiger partial charge in [-0.05, 0) is 117 Å². The molecule has 0 bridgehead atoms. The summed E-state index contributed by atoms with van der Waals surface area (Å²) in [7, 11) is 0. The van der Waals surface area contributed by atoms with E-state index in [-0.39, 0.29) is 5.82 Å². The van der Waals surface area contributed by atoms with Crippen molar-refractivity contribution in [2.75, 3.05) is 19.6 Å². The Morgan fingerprint density at radius 2 is 1.90 bits per heavy atom. The first-order chi connectivity index (χ1) is 20.0. The van der Waals surface area contributed by atoms with E-state index in [0.29, 0.717) is 0 Å². The molecule has 4 nitrogen and oxygen atoms in total. The minimum atomic E-state index is -0.249. The number of hydrogen-bond acceptors (Lipinski definition) is 2. The Morgan fingerprint density at radius 3 is 2.63 bits per heavy atom. The van der Waals surface area contributed by atoms with Gasteiger partial charge in [0.1, 0.15) is 11.5 Å². The van der Waals surface area contributed by atoms with Gasteiger partial charge in [-0.3, -0.25) is 5.10 Å². The summed E-state index contributed by atoms with van der Waals surface area (Å²) in [6, 6.07) is 14.8. The van der Waals surface area contributed by atoms with E-state index >= 15 is 0 Å². The summed E-state index contributed by atoms with van der Waals surface area (Å²) >= 11 is 0. The third kappa shape index (κ3) is 6.41. The molecule has 1 saturated heterocycles. The quantitative estimate of drug-likeness (QED) is 0.203. The number of nitrogens with one attached hydrogen (secondary N) is 2. The van der Waals surface area contributed by atoms with Crippen molar-refractivity contribution in [3.05, 3.63) is 113 Å². The zero-order chi connectivity index (χ0) is 28.8. The highest BCUT2D eigenvalue weighted by molar-refractivity contribution is 5.98. The van der Waals surface area contributed by atoms with E-state index in [9.17, 15) is 4.39 Å². The summed E-state index contributed by atoms with van der Waals surface area (Å²) in [6.45, 7) is 16.2. The van der Waals surface area contributed by atoms with Crippen LogP contribution in [0.4, 0.5) is 4.39 Å². The lowest BCUT2D eigenvalue weighted by Crippen LogP contribution is -2.23. The number of hydrogen-bond donors (Lipinski definition) is 2. The second-order valence-electron chi connectivity index (χ2n) is 10.6. The van der Waals surface area contributed by atoms with E-state index in [0.717, 1.165) is 74.5 Å². The highest BCUT2D eigenvalue weighted by atomic mass is 19.1. The van der Waals surface area contributed by atoms with Crippen LogP contribution in [0.5, 0.6) is 0 Å². The second kappa shape index (κ2) is 13.0. The SMILES string of the molecule is C=C/C(=C\C(=C/C)C(=C)/C=c1/c(-c2cc3c(-c4cccc(F)c4)cccc3[nH]2)n[nH]/c1=C/C)CCCN1CCCC1. The minimum Gasteiger partial charge on any atom is -0.353 e. The second-order valence-corrected chi connectivity index (χ2v) is 10.6. The van der Waals surface area contributed by atoms with Crippen LogP contribution in [0.3, 0.4) is 0 Å². The summed E-state index contributed by atoms with van der Waals surface area (Å²) in [5.41, 5.74) is 7.69. The molecule has 0 saturated carbocycles. The van der Waals surface area contributed by atoms with Gasteiger partial charge in [0.25, 0.3) is 0 Å². The summed E-state index contributed by atoms with van der Waals surface area (Å²) in [4.78, 5) is 6.09. The molecule has 4 aromatic rings. The molecule has 2 aromatic heterocycles. The first kappa shape index (κ1) is 28.3. The van der Waals surface area contributed by atoms with E-state index in [2.05, 4.69) is 57.5 Å². The third-order valence-electron chi connectivity index (χ3n) is 7.92. The fourth-order valence-corrected chi connectivity index (χ4v) is 5.69. The summed E-state index contributed by atoms with van der Waals surface area (Å²) in [6.07, 6.45) is 15.2. The largest absolute Gasteiger partial charge is 0.353 e. The highest BCUT2D eigenvalue weighted by Crippen LogP contribution is 2.31. The van der Waals surface area contributed by atoms with Gasteiger partial charge in [-0.15, -0.1) is 0 Å². The van der Waals surface area contributed by atoms with Gasteiger partial charge in [-0.25, -0.2) is 4.39 Å². The zero-order valence-corrected chi connectivity index (χ0v) is 24.1. The average Bonchev–Trinajstić information content (AvgIpc) is 3.74. The molecule has 0 atom stereocenters. The normalized spacial score (nSPS) is 15.8. The Balaban J connectivity index is 1.46. The monoisotopic (exact) mass is 546 g/mol. The predicted molar refractivity (Wildman–Crippen MR) is 171 cm³/mol. The molecular weight excluding hydrogens is 507 g/mol. The first-order valence-electron chi connectivity index (χ1n) is 14.5. The van der Waals surface area contributed by atoms with Crippen molar-refractivity contribution in [1.82, 2.24) is 20.1 Å². The van der Waals surface area contributed by atoms with Crippen LogP contribution >= 0.6 is 0 Å². The van der Waals surface area contributed by atoms with Crippen molar-refractivity contribution < 1.29 is 4.39 Å². The molecular formula is C36H39FN4. The number of aromatic amines is 2. The van der Waals surface area contributed by atoms with Gasteiger partial charge >= 0.3 is 0 Å². The Morgan fingerprint density at radius 1 is 1.10 bits per heavy atom. The molecule has 2 N–H and O–H groups in total. The maximum Gasteiger partial charge on any atom is 0.123 e. The van der Waals surface area contributed by atoms with Crippen LogP contribution < -0.4 is 10.6 Å². The summed E-state index contributed by atoms with van der Waals surface area (Å²) in [5.74, 6) is -0.249. The van der Waals surface area contributed by atoms with Crippen molar-refractivity contribution in [3.8, 4) is 22.5 Å². The van der Waals surface area contributed by atoms with Crippen molar-refractivity contribution >= 4 is 23.1 Å². The minimum absolute atomic E-state index is 0.249. The van der Waals surface area contributed by atoms with Crippen molar-refractivity contribution in [2.45, 2.75) is 39.5 Å². The van der Waals surface area contributed by atoms with Gasteiger partial charge in [-0.2, -0.15) is 5.10 Å². The van der Waals surface area contributed by atoms with Crippen LogP contribution in [0, 0.1) is 5.82 Å². The topological polar surface area (TPSA) is 47.7 Å². The smallest absolute Gasteiger partial charge is 0.123 e. The predicted octanol–water partition coefficient (Wildman–Crippen LogP) is 7.44. The van der Waals surface area contributed by atoms with E-state index < -0.39 is 0 Å². The van der Waals surface area contributed by atoms with E-state index in [1.165, 1.54) is 37.6 Å². The standard InChI is InChI=1S/C36H39FN4/c1-5-26(13-12-20-41-18-8-9-19-41)22-27(6-2)25(4)21-32-33(7-3)39-40-36(32)35-24-31-30(16-11-17-34(31)38-35)28-14-10-15-29(37)23-28/h5-7,10-11,14-17,21-24,38-39H,1,4,8-9,12-13,18-20H2,2-3H3/b26-22+,27-6+,32-21+,33-7+. The maximum absolute atomic E-state index is 14.0. The number of benzene rings is 2. The fourth-order valence-electron chi connectivity index (χ4n) is 5.69. The average molecular weight is 547 g/mol. The lowest BCUT2D eigenvalue weighted by Gasteiger charge is -2.14. The molecule has 0 radical (unpaired) electrons. The van der Waals surface area contributed by atoms with Crippen LogP contribution in [0.25, 0.3) is 45.6 Å². The molecule has 0 spiro atoms. The fraction of sp³-hybridized carbons (Fsp3) is 0.250. The number of fused-ring (bicyclic) bond motifs is 1. The molecule has 1 aliphatic rings. The van der Waals surface area contributed by atoms with Crippen LogP contribution in [0.15, 0.2) is 96.6 Å². The van der Waals surface area contributed by atoms with Crippen molar-refractivity contribution in [2.24, 2.45) is 0 Å². The third-order valence-corrected chi connectivity index (χ3v) is 7.92. The highest BCUT2D eigenvalue weighted by Gasteiger charge is 2.14. The van der Waals surface area contributed by atoms with Gasteiger partial charge < -0.3 is 9.88 Å². The molecule has 0 unspecified atom stereocenters. The van der Waals surface area contributed by atoms with Gasteiger partial charge in [0.05, 0.1) is 11.0 Å². The maximum atomic E-state index is 14.0. The molecule has 2 aromatic carbocycles. The first-order valence-corrected chi connectivity index (χ1v) is 14.5.